The van der Waals surface area contributed by atoms with E-state index in [2.05, 4.69) is 0 Å². The van der Waals surface area contributed by atoms with Gasteiger partial charge in [-0.2, -0.15) is 0 Å². The second-order valence-corrected chi connectivity index (χ2v) is 0. The average Bonchev–Trinajstić information content (AvgIpc) is 0. The van der Waals surface area contributed by atoms with Crippen LogP contribution in [0.15, 0.2) is 0 Å². The van der Waals surface area contributed by atoms with E-state index in [0.29, 0.717) is 0 Å². The molecule has 4 heteroatoms. The van der Waals surface area contributed by atoms with Gasteiger partial charge in [0.05, 0.1) is 0 Å². The third kappa shape index (κ3) is 8.84. The first-order valence-corrected chi connectivity index (χ1v) is 0. The summed E-state index contributed by atoms with van der Waals surface area (Å²) in [6.07, 6.45) is 0. The molecule has 0 saturated heterocycles. The van der Waals surface area contributed by atoms with E-state index in [-0.39, 0.29) is 89.5 Å². The Bertz CT molecular complexity index is 13.5. The minimum Gasteiger partial charge on any atom is -1.00 e. The van der Waals surface area contributed by atoms with E-state index in [1.54, 1.807) is 0 Å². The smallest absolute Gasteiger partial charge is 1.00 e. The number of hydrogen-bond donors (Lipinski definition) is 0. The Morgan fingerprint density at radius 2 is 1.25 bits per heavy atom. The zero-order valence-electron chi connectivity index (χ0n) is 3.47. The monoisotopic (exact) mass is 350 g/mol. The molecule has 0 N–H and O–H groups in total. The molecule has 0 saturated carbocycles. The van der Waals surface area contributed by atoms with Gasteiger partial charge in [0, 0.05) is 46.2 Å². The van der Waals surface area contributed by atoms with Crippen molar-refractivity contribution in [3.63, 3.8) is 0 Å². The molecule has 4 heavy (non-hydrogen) atoms. The molecule has 0 amide bonds. The molecule has 0 radical (unpaired) electrons. The average molecular weight is 356 g/mol. The molecule has 0 aliphatic rings. The molecule has 0 fully saturated rings. The summed E-state index contributed by atoms with van der Waals surface area (Å²) in [5, 5.41) is 0. The third-order valence-corrected chi connectivity index (χ3v) is 0. The Labute approximate surface area is 88.1 Å². The summed E-state index contributed by atoms with van der Waals surface area (Å²) in [7, 11) is 0. The molecule has 0 aromatic carbocycles. The fraction of sp³-hybridized carbons (Fsp3) is 0. The van der Waals surface area contributed by atoms with E-state index < -0.39 is 0 Å². The van der Waals surface area contributed by atoms with Crippen LogP contribution < -0.4 is 0 Å². The molecule has 24 valence electrons. The zero-order chi connectivity index (χ0) is 0. The molecule has 0 heterocycles. The summed E-state index contributed by atoms with van der Waals surface area (Å²) in [6.45, 7) is 0. The van der Waals surface area contributed by atoms with E-state index in [1.807, 2.05) is 0 Å². The summed E-state index contributed by atoms with van der Waals surface area (Å²) >= 11 is 0. The molecule has 0 spiro atoms. The first kappa shape index (κ1) is 29.1. The predicted octanol–water partition coefficient (Wildman–Crippen LogP) is -1.34. The second-order valence-electron chi connectivity index (χ2n) is 0. The number of hydrogen-bond acceptors (Lipinski definition) is 0. The topological polar surface area (TPSA) is 0 Å². The van der Waals surface area contributed by atoms with Gasteiger partial charge < -0.3 is 2.85 Å². The maximum absolute atomic E-state index is 0. The maximum atomic E-state index is 0. The Balaban J connectivity index is 0. The van der Waals surface area contributed by atoms with Gasteiger partial charge >= 0.3 is 23.1 Å². The van der Waals surface area contributed by atoms with Crippen LogP contribution in [-0.2, 0) is 17.1 Å². The van der Waals surface area contributed by atoms with Gasteiger partial charge in [-0.1, -0.05) is 0 Å². The summed E-state index contributed by atoms with van der Waals surface area (Å²) in [5.74, 6) is 0. The summed E-state index contributed by atoms with van der Waals surface area (Å²) < 4.78 is 0. The van der Waals surface area contributed by atoms with E-state index in [0.717, 1.165) is 0 Å². The van der Waals surface area contributed by atoms with Crippen LogP contribution in [0.3, 0.4) is 0 Å². The minimum atomic E-state index is 0. The molecule has 0 atom stereocenters. The standard InChI is InChI=1S/Al.Fe.Mg.Pu.5H/q;;+2;;;;;2*-1. The van der Waals surface area contributed by atoms with Crippen molar-refractivity contribution in [3.05, 3.63) is 0 Å². The maximum Gasteiger partial charge on any atom is 2.00 e. The second kappa shape index (κ2) is 17.0. The van der Waals surface area contributed by atoms with Gasteiger partial charge in [0.15, 0.2) is 17.4 Å². The normalized spacial score (nSPS) is 0. The molecular weight excluding hydrogens is 351 g/mol. The zero-order valence-corrected chi connectivity index (χ0v) is 7.39. The van der Waals surface area contributed by atoms with Crippen molar-refractivity contribution >= 4 is 40.4 Å². The van der Waals surface area contributed by atoms with Crippen molar-refractivity contribution in [1.82, 2.24) is 0 Å². The van der Waals surface area contributed by atoms with Crippen LogP contribution in [0, 0.1) is 29.2 Å². The molecule has 0 bridgehead atoms. The van der Waals surface area contributed by atoms with Gasteiger partial charge in [0.1, 0.15) is 0 Å². The fourth-order valence-electron chi connectivity index (χ4n) is 0. The van der Waals surface area contributed by atoms with Crippen molar-refractivity contribution in [2.45, 2.75) is 0 Å². The van der Waals surface area contributed by atoms with Gasteiger partial charge in [-0.05, 0) is 0 Å². The fourth-order valence-corrected chi connectivity index (χ4v) is 0. The van der Waals surface area contributed by atoms with Gasteiger partial charge in [0.25, 0.3) is 0 Å². The van der Waals surface area contributed by atoms with Crippen molar-refractivity contribution in [2.75, 3.05) is 0 Å². The van der Waals surface area contributed by atoms with E-state index in [1.165, 1.54) is 0 Å². The molecule has 0 aromatic rings. The Hall–Kier alpha value is 2.81. The van der Waals surface area contributed by atoms with Crippen LogP contribution in [0.5, 0.6) is 0 Å². The van der Waals surface area contributed by atoms with Gasteiger partial charge in [-0.25, -0.2) is 0 Å². The van der Waals surface area contributed by atoms with Crippen molar-refractivity contribution < 1.29 is 49.1 Å². The SMILES string of the molecule is [AlH3].[Fe].[H-].[H-].[Mg+2].[Pu]. The predicted molar refractivity (Wildman–Crippen MR) is 17.9 cm³/mol. The molecular formula is H5AlFeMgPu. The van der Waals surface area contributed by atoms with Crippen LogP contribution in [0.25, 0.3) is 0 Å². The Morgan fingerprint density at radius 1 is 1.25 bits per heavy atom. The van der Waals surface area contributed by atoms with Gasteiger partial charge in [0.2, 0.25) is 0 Å². The van der Waals surface area contributed by atoms with Crippen LogP contribution >= 0.6 is 0 Å². The molecule has 0 rings (SSSR count). The quantitative estimate of drug-likeness (QED) is 0.472. The van der Waals surface area contributed by atoms with Gasteiger partial charge in [-0.3, -0.25) is 0 Å². The van der Waals surface area contributed by atoms with E-state index >= 15 is 0 Å². The number of rotatable bonds is 0. The van der Waals surface area contributed by atoms with Crippen molar-refractivity contribution in [1.29, 1.82) is 0 Å². The van der Waals surface area contributed by atoms with E-state index in [4.69, 9.17) is 0 Å². The van der Waals surface area contributed by atoms with Crippen LogP contribution in [0.1, 0.15) is 2.85 Å². The van der Waals surface area contributed by atoms with E-state index in [9.17, 15) is 0 Å². The third-order valence-electron chi connectivity index (χ3n) is 0. The van der Waals surface area contributed by atoms with Gasteiger partial charge in [-0.15, -0.1) is 0 Å². The molecule has 0 aliphatic carbocycles. The molecule has 0 unspecified atom stereocenters. The first-order valence-electron chi connectivity index (χ1n) is 0. The summed E-state index contributed by atoms with van der Waals surface area (Å²) in [4.78, 5) is 0. The molecule has 0 aliphatic heterocycles. The van der Waals surface area contributed by atoms with Crippen molar-refractivity contribution in [3.8, 4) is 0 Å². The first-order chi connectivity index (χ1) is 0. The Kier molecular flexibility index (Phi) is 124. The molecule has 0 aromatic heterocycles. The van der Waals surface area contributed by atoms with Crippen molar-refractivity contribution in [2.24, 2.45) is 0 Å². The summed E-state index contributed by atoms with van der Waals surface area (Å²) in [5.41, 5.74) is 0. The van der Waals surface area contributed by atoms with Crippen LogP contribution in [-0.4, -0.2) is 40.4 Å². The van der Waals surface area contributed by atoms with Crippen LogP contribution in [0.4, 0.5) is 0 Å². The largest absolute Gasteiger partial charge is 2.00 e. The minimum absolute atomic E-state index is 0. The molecule has 0 nitrogen and oxygen atoms in total. The Morgan fingerprint density at radius 3 is 1.25 bits per heavy atom. The van der Waals surface area contributed by atoms with Crippen LogP contribution in [0.2, 0.25) is 0 Å². The summed E-state index contributed by atoms with van der Waals surface area (Å²) in [6, 6.07) is 0.